The molecule has 2 aliphatic heterocycles. The summed E-state index contributed by atoms with van der Waals surface area (Å²) < 4.78 is 12.8. The Bertz CT molecular complexity index is 1170. The van der Waals surface area contributed by atoms with Crippen molar-refractivity contribution in [3.8, 4) is 5.75 Å². The number of halogens is 1. The minimum absolute atomic E-state index is 0.0249. The van der Waals surface area contributed by atoms with E-state index >= 15 is 0 Å². The number of piperidine rings is 1. The Hall–Kier alpha value is -2.61. The first-order chi connectivity index (χ1) is 18.5. The first-order valence-corrected chi connectivity index (χ1v) is 14.3. The molecule has 2 fully saturated rings. The third kappa shape index (κ3) is 7.74. The molecule has 0 spiro atoms. The van der Waals surface area contributed by atoms with Crippen LogP contribution in [0.3, 0.4) is 0 Å². The van der Waals surface area contributed by atoms with Crippen molar-refractivity contribution >= 4 is 23.4 Å². The molecule has 1 N–H and O–H groups in total. The SMILES string of the molecule is CC(=O)NC1CCN(C(=O)C[C@]2(COc3cc(C)c(Cl)c(C)c3)CN(Cc3ccc(C)cc3C)CCO2)CC1. The summed E-state index contributed by atoms with van der Waals surface area (Å²) in [6.07, 6.45) is 1.77. The van der Waals surface area contributed by atoms with Crippen LogP contribution in [-0.4, -0.2) is 72.6 Å². The molecule has 2 aromatic rings. The number of ether oxygens (including phenoxy) is 2. The molecule has 0 aliphatic carbocycles. The van der Waals surface area contributed by atoms with Crippen molar-refractivity contribution in [1.82, 2.24) is 15.1 Å². The Labute approximate surface area is 237 Å². The standard InChI is InChI=1S/C31H42ClN3O4/c1-21-6-7-26(22(2)14-21)18-34-12-13-39-31(19-34,20-38-28-15-23(3)30(32)24(4)16-28)17-29(37)35-10-8-27(9-11-35)33-25(5)36/h6-7,14-16,27H,8-13,17-20H2,1-5H3,(H,33,36)/t31-/m1/s1. The van der Waals surface area contributed by atoms with Gasteiger partial charge < -0.3 is 19.7 Å². The molecule has 7 nitrogen and oxygen atoms in total. The molecule has 0 radical (unpaired) electrons. The molecule has 2 saturated heterocycles. The molecule has 0 unspecified atom stereocenters. The number of carbonyl (C=O) groups is 2. The summed E-state index contributed by atoms with van der Waals surface area (Å²) in [6.45, 7) is 14.0. The fourth-order valence-electron chi connectivity index (χ4n) is 5.72. The quantitative estimate of drug-likeness (QED) is 0.509. The number of nitrogens with one attached hydrogen (secondary N) is 1. The van der Waals surface area contributed by atoms with Crippen LogP contribution in [-0.2, 0) is 20.9 Å². The lowest BCUT2D eigenvalue weighted by Crippen LogP contribution is -2.57. The monoisotopic (exact) mass is 555 g/mol. The van der Waals surface area contributed by atoms with Crippen molar-refractivity contribution in [2.75, 3.05) is 39.4 Å². The molecule has 2 aromatic carbocycles. The highest BCUT2D eigenvalue weighted by molar-refractivity contribution is 6.32. The second-order valence-corrected chi connectivity index (χ2v) is 11.7. The van der Waals surface area contributed by atoms with Crippen LogP contribution in [0.2, 0.25) is 5.02 Å². The van der Waals surface area contributed by atoms with Crippen LogP contribution in [0.15, 0.2) is 30.3 Å². The van der Waals surface area contributed by atoms with E-state index in [0.29, 0.717) is 26.2 Å². The largest absolute Gasteiger partial charge is 0.490 e. The zero-order valence-corrected chi connectivity index (χ0v) is 24.7. The van der Waals surface area contributed by atoms with Crippen molar-refractivity contribution in [3.05, 3.63) is 63.2 Å². The maximum atomic E-state index is 13.6. The first kappa shape index (κ1) is 29.4. The van der Waals surface area contributed by atoms with E-state index in [1.165, 1.54) is 23.6 Å². The van der Waals surface area contributed by atoms with E-state index in [4.69, 9.17) is 21.1 Å². The summed E-state index contributed by atoms with van der Waals surface area (Å²) in [5.74, 6) is 0.771. The predicted molar refractivity (Wildman–Crippen MR) is 154 cm³/mol. The van der Waals surface area contributed by atoms with E-state index in [1.807, 2.05) is 30.9 Å². The first-order valence-electron chi connectivity index (χ1n) is 13.9. The fourth-order valence-corrected chi connectivity index (χ4v) is 5.83. The van der Waals surface area contributed by atoms with Gasteiger partial charge in [0.15, 0.2) is 0 Å². The van der Waals surface area contributed by atoms with Crippen molar-refractivity contribution in [1.29, 1.82) is 0 Å². The van der Waals surface area contributed by atoms with Gasteiger partial charge in [0.2, 0.25) is 11.8 Å². The summed E-state index contributed by atoms with van der Waals surface area (Å²) in [5.41, 5.74) is 4.95. The Balaban J connectivity index is 1.50. The molecule has 1 atom stereocenters. The lowest BCUT2D eigenvalue weighted by molar-refractivity contribution is -0.157. The number of hydrogen-bond donors (Lipinski definition) is 1. The highest BCUT2D eigenvalue weighted by atomic mass is 35.5. The number of nitrogens with zero attached hydrogens (tertiary/aromatic N) is 2. The Morgan fingerprint density at radius 1 is 1.05 bits per heavy atom. The second-order valence-electron chi connectivity index (χ2n) is 11.4. The Morgan fingerprint density at radius 2 is 1.74 bits per heavy atom. The van der Waals surface area contributed by atoms with E-state index in [0.717, 1.165) is 47.8 Å². The van der Waals surface area contributed by atoms with Gasteiger partial charge in [-0.15, -0.1) is 0 Å². The zero-order chi connectivity index (χ0) is 28.2. The normalized spacial score (nSPS) is 20.6. The number of rotatable bonds is 8. The van der Waals surface area contributed by atoms with Gasteiger partial charge in [0, 0.05) is 50.7 Å². The maximum absolute atomic E-state index is 13.6. The Kier molecular flexibility index (Phi) is 9.57. The van der Waals surface area contributed by atoms with E-state index < -0.39 is 5.60 Å². The van der Waals surface area contributed by atoms with Crippen LogP contribution in [0.25, 0.3) is 0 Å². The zero-order valence-electron chi connectivity index (χ0n) is 23.9. The van der Waals surface area contributed by atoms with Crippen LogP contribution in [0.4, 0.5) is 0 Å². The molecule has 0 aromatic heterocycles. The highest BCUT2D eigenvalue weighted by Crippen LogP contribution is 2.30. The molecule has 212 valence electrons. The molecule has 4 rings (SSSR count). The van der Waals surface area contributed by atoms with Crippen molar-refractivity contribution < 1.29 is 19.1 Å². The maximum Gasteiger partial charge on any atom is 0.225 e. The number of carbonyl (C=O) groups excluding carboxylic acids is 2. The average molecular weight is 556 g/mol. The van der Waals surface area contributed by atoms with Crippen molar-refractivity contribution in [2.45, 2.75) is 72.1 Å². The summed E-state index contributed by atoms with van der Waals surface area (Å²) in [7, 11) is 0. The molecule has 8 heteroatoms. The molecule has 0 bridgehead atoms. The minimum Gasteiger partial charge on any atom is -0.490 e. The minimum atomic E-state index is -0.774. The third-order valence-corrected chi connectivity index (χ3v) is 8.46. The lowest BCUT2D eigenvalue weighted by Gasteiger charge is -2.43. The van der Waals surface area contributed by atoms with Gasteiger partial charge in [-0.25, -0.2) is 0 Å². The van der Waals surface area contributed by atoms with Gasteiger partial charge in [-0.2, -0.15) is 0 Å². The number of likely N-dealkylation sites (tertiary alicyclic amines) is 1. The Morgan fingerprint density at radius 3 is 2.38 bits per heavy atom. The summed E-state index contributed by atoms with van der Waals surface area (Å²) >= 11 is 6.38. The predicted octanol–water partition coefficient (Wildman–Crippen LogP) is 4.74. The number of morpholine rings is 1. The molecular formula is C31H42ClN3O4. The number of aryl methyl sites for hydroxylation is 4. The average Bonchev–Trinajstić information content (AvgIpc) is 2.88. The molecular weight excluding hydrogens is 514 g/mol. The van der Waals surface area contributed by atoms with Gasteiger partial charge in [0.1, 0.15) is 18.0 Å². The number of benzene rings is 2. The van der Waals surface area contributed by atoms with Gasteiger partial charge in [-0.3, -0.25) is 14.5 Å². The number of amides is 2. The van der Waals surface area contributed by atoms with Crippen LogP contribution in [0.5, 0.6) is 5.75 Å². The molecule has 0 saturated carbocycles. The fraction of sp³-hybridized carbons (Fsp3) is 0.548. The van der Waals surface area contributed by atoms with Gasteiger partial charge in [0.25, 0.3) is 0 Å². The van der Waals surface area contributed by atoms with E-state index in [-0.39, 0.29) is 30.9 Å². The molecule has 2 amide bonds. The van der Waals surface area contributed by atoms with E-state index in [2.05, 4.69) is 42.3 Å². The summed E-state index contributed by atoms with van der Waals surface area (Å²) in [4.78, 5) is 29.3. The van der Waals surface area contributed by atoms with Gasteiger partial charge in [-0.05, 0) is 74.9 Å². The van der Waals surface area contributed by atoms with E-state index in [1.54, 1.807) is 0 Å². The highest BCUT2D eigenvalue weighted by Gasteiger charge is 2.41. The lowest BCUT2D eigenvalue weighted by atomic mass is 9.95. The van der Waals surface area contributed by atoms with Crippen LogP contribution in [0.1, 0.15) is 54.0 Å². The van der Waals surface area contributed by atoms with Crippen molar-refractivity contribution in [3.63, 3.8) is 0 Å². The second kappa shape index (κ2) is 12.7. The van der Waals surface area contributed by atoms with Crippen LogP contribution < -0.4 is 10.1 Å². The van der Waals surface area contributed by atoms with Gasteiger partial charge in [-0.1, -0.05) is 35.4 Å². The molecule has 2 aliphatic rings. The van der Waals surface area contributed by atoms with Crippen molar-refractivity contribution in [2.24, 2.45) is 0 Å². The van der Waals surface area contributed by atoms with E-state index in [9.17, 15) is 9.59 Å². The topological polar surface area (TPSA) is 71.1 Å². The van der Waals surface area contributed by atoms with Crippen LogP contribution in [0, 0.1) is 27.7 Å². The summed E-state index contributed by atoms with van der Waals surface area (Å²) in [5, 5.41) is 3.72. The van der Waals surface area contributed by atoms with Gasteiger partial charge in [0.05, 0.1) is 13.0 Å². The summed E-state index contributed by atoms with van der Waals surface area (Å²) in [6, 6.07) is 10.6. The van der Waals surface area contributed by atoms with Crippen LogP contribution >= 0.6 is 11.6 Å². The third-order valence-electron chi connectivity index (χ3n) is 7.86. The smallest absolute Gasteiger partial charge is 0.225 e. The number of hydrogen-bond acceptors (Lipinski definition) is 5. The molecule has 2 heterocycles. The molecule has 39 heavy (non-hydrogen) atoms. The van der Waals surface area contributed by atoms with Gasteiger partial charge >= 0.3 is 0 Å².